The number of unbranched alkanes of at least 4 members (excludes halogenated alkanes) is 3. The van der Waals surface area contributed by atoms with E-state index in [0.717, 1.165) is 6.61 Å². The summed E-state index contributed by atoms with van der Waals surface area (Å²) < 4.78 is 5.91. The van der Waals surface area contributed by atoms with E-state index in [4.69, 9.17) is 21.8 Å². The summed E-state index contributed by atoms with van der Waals surface area (Å²) >= 11 is -0.826. The first-order valence-corrected chi connectivity index (χ1v) is 21.6. The Bertz CT molecular complexity index is 921. The molecule has 2 atom stereocenters. The molecule has 0 amide bonds. The maximum absolute atomic E-state index is 5.91. The molecule has 0 aliphatic heterocycles. The fourth-order valence-corrected chi connectivity index (χ4v) is 10.5. The summed E-state index contributed by atoms with van der Waals surface area (Å²) in [5, 5.41) is 0. The molecule has 36 heavy (non-hydrogen) atoms. The third-order valence-corrected chi connectivity index (χ3v) is 12.4. The van der Waals surface area contributed by atoms with E-state index in [-0.39, 0.29) is 20.5 Å². The van der Waals surface area contributed by atoms with Crippen LogP contribution in [0.1, 0.15) is 79.8 Å². The van der Waals surface area contributed by atoms with E-state index in [1.807, 2.05) is 0 Å². The Morgan fingerprint density at radius 2 is 1.22 bits per heavy atom. The van der Waals surface area contributed by atoms with Gasteiger partial charge in [-0.05, 0) is 60.5 Å². The number of hydrogen-bond acceptors (Lipinski definition) is 1. The topological polar surface area (TPSA) is 9.23 Å². The van der Waals surface area contributed by atoms with Crippen molar-refractivity contribution in [1.29, 1.82) is 0 Å². The summed E-state index contributed by atoms with van der Waals surface area (Å²) in [4.78, 5) is 0. The molecule has 4 rings (SSSR count). The summed E-state index contributed by atoms with van der Waals surface area (Å²) in [6.07, 6.45) is 14.9. The molecular weight excluding hydrogens is 579 g/mol. The molecule has 0 saturated carbocycles. The number of allylic oxidation sites excluding steroid dienone is 2. The molecular formula is C31H44Cl2OSiZr. The molecule has 0 spiro atoms. The second-order valence-electron chi connectivity index (χ2n) is 10.6. The predicted octanol–water partition coefficient (Wildman–Crippen LogP) is 10.4. The Balaban J connectivity index is 0.00000123. The summed E-state index contributed by atoms with van der Waals surface area (Å²) in [5.41, 5.74) is 7.18. The van der Waals surface area contributed by atoms with Crippen LogP contribution in [0.4, 0.5) is 0 Å². The molecule has 2 aliphatic rings. The molecule has 0 N–H and O–H groups in total. The average molecular weight is 623 g/mol. The van der Waals surface area contributed by atoms with Crippen LogP contribution < -0.4 is 0 Å². The number of fused-ring (bicyclic) bond motifs is 2. The van der Waals surface area contributed by atoms with Gasteiger partial charge in [0.25, 0.3) is 0 Å². The summed E-state index contributed by atoms with van der Waals surface area (Å²) in [5.74, 6) is 0. The quantitative estimate of drug-likeness (QED) is 0.154. The second-order valence-corrected chi connectivity index (χ2v) is 19.1. The van der Waals surface area contributed by atoms with Crippen LogP contribution in [0.5, 0.6) is 0 Å². The van der Waals surface area contributed by atoms with Crippen LogP contribution in [0.25, 0.3) is 12.2 Å². The molecule has 2 aromatic rings. The molecule has 5 heteroatoms. The monoisotopic (exact) mass is 620 g/mol. The van der Waals surface area contributed by atoms with E-state index >= 15 is 0 Å². The van der Waals surface area contributed by atoms with Crippen molar-refractivity contribution in [3.63, 3.8) is 0 Å². The van der Waals surface area contributed by atoms with E-state index in [1.165, 1.54) is 42.9 Å². The van der Waals surface area contributed by atoms with Crippen molar-refractivity contribution >= 4 is 37.3 Å². The Morgan fingerprint density at radius 3 is 1.69 bits per heavy atom. The van der Waals surface area contributed by atoms with Gasteiger partial charge in [-0.15, -0.1) is 0 Å². The van der Waals surface area contributed by atoms with Crippen molar-refractivity contribution in [2.75, 3.05) is 6.61 Å². The molecule has 2 aromatic carbocycles. The van der Waals surface area contributed by atoms with Gasteiger partial charge in [-0.25, -0.2) is 0 Å². The van der Waals surface area contributed by atoms with Crippen LogP contribution in [0.3, 0.4) is 0 Å². The summed E-state index contributed by atoms with van der Waals surface area (Å²) in [6, 6.07) is 19.5. The normalized spacial score (nSPS) is 18.5. The molecule has 1 nitrogen and oxygen atoms in total. The fraction of sp³-hybridized carbons (Fsp3) is 0.419. The standard InChI is InChI=1S/C29H38OSi.2CH3.2ClH.Zr/c1-29(2,3)30-21-11-5-6-12-22-31(4,27-19-17-23-13-7-9-15-25(23)27)28-20-18-24-14-8-10-16-26(24)28;;;;;/h7-10,13-20,27-28H,5-6,11-12,21-22H2,1-4H3;2*1H3;2*1H;/q;2*-1;;;+4/p-2. The summed E-state index contributed by atoms with van der Waals surface area (Å²) in [7, 11) is 8.18. The zero-order chi connectivity index (χ0) is 24.6. The molecule has 0 bridgehead atoms. The van der Waals surface area contributed by atoms with E-state index in [0.29, 0.717) is 11.1 Å². The number of benzene rings is 2. The minimum atomic E-state index is -1.69. The van der Waals surface area contributed by atoms with Gasteiger partial charge in [-0.2, -0.15) is 0 Å². The molecule has 0 saturated heterocycles. The molecule has 0 radical (unpaired) electrons. The van der Waals surface area contributed by atoms with Crippen molar-refractivity contribution in [3.05, 3.63) is 97.8 Å². The van der Waals surface area contributed by atoms with Crippen LogP contribution >= 0.6 is 17.0 Å². The van der Waals surface area contributed by atoms with Gasteiger partial charge in [0.15, 0.2) is 0 Å². The Labute approximate surface area is 241 Å². The minimum absolute atomic E-state index is 0. The van der Waals surface area contributed by atoms with Crippen LogP contribution in [0.2, 0.25) is 12.6 Å². The average Bonchev–Trinajstić information content (AvgIpc) is 3.43. The van der Waals surface area contributed by atoms with Crippen LogP contribution in [-0.2, 0) is 25.6 Å². The fourth-order valence-electron chi connectivity index (χ4n) is 5.49. The van der Waals surface area contributed by atoms with Gasteiger partial charge >= 0.3 is 37.9 Å². The van der Waals surface area contributed by atoms with E-state index in [2.05, 4.69) is 100 Å². The first-order chi connectivity index (χ1) is 16.3. The first-order valence-electron chi connectivity index (χ1n) is 12.4. The van der Waals surface area contributed by atoms with Gasteiger partial charge in [0.2, 0.25) is 0 Å². The molecule has 0 heterocycles. The number of ether oxygens (including phenoxy) is 1. The van der Waals surface area contributed by atoms with Gasteiger partial charge in [0, 0.05) is 6.61 Å². The van der Waals surface area contributed by atoms with E-state index in [1.54, 1.807) is 11.1 Å². The Morgan fingerprint density at radius 1 is 0.778 bits per heavy atom. The van der Waals surface area contributed by atoms with Crippen LogP contribution in [0, 0.1) is 14.9 Å². The van der Waals surface area contributed by atoms with Gasteiger partial charge in [0.05, 0.1) is 13.7 Å². The third kappa shape index (κ3) is 8.81. The van der Waals surface area contributed by atoms with Gasteiger partial charge in [0.1, 0.15) is 0 Å². The van der Waals surface area contributed by atoms with Crippen molar-refractivity contribution in [2.24, 2.45) is 0 Å². The van der Waals surface area contributed by atoms with Crippen molar-refractivity contribution in [1.82, 2.24) is 0 Å². The van der Waals surface area contributed by atoms with Crippen molar-refractivity contribution in [3.8, 4) is 0 Å². The first kappa shape index (κ1) is 33.6. The second kappa shape index (κ2) is 15.8. The third-order valence-electron chi connectivity index (χ3n) is 7.16. The number of halogens is 2. The Hall–Kier alpha value is -0.440. The number of rotatable bonds is 9. The van der Waals surface area contributed by atoms with Gasteiger partial charge in [-0.3, -0.25) is 0 Å². The molecule has 2 unspecified atom stereocenters. The van der Waals surface area contributed by atoms with Crippen LogP contribution in [0.15, 0.2) is 60.7 Å². The van der Waals surface area contributed by atoms with Crippen molar-refractivity contribution in [2.45, 2.75) is 75.7 Å². The zero-order valence-electron chi connectivity index (χ0n) is 23.0. The van der Waals surface area contributed by atoms with Crippen molar-refractivity contribution < 1.29 is 25.6 Å². The molecule has 196 valence electrons. The Kier molecular flexibility index (Phi) is 14.8. The SMILES string of the molecule is CC(C)(C)OCCCCCC[Si](C)(C1C=Cc2ccccc21)C1C=Cc2ccccc21.[CH3-].[CH3-].[Cl][Zr+2][Cl]. The van der Waals surface area contributed by atoms with E-state index in [9.17, 15) is 0 Å². The molecule has 2 aliphatic carbocycles. The maximum atomic E-state index is 5.91. The van der Waals surface area contributed by atoms with Gasteiger partial charge < -0.3 is 19.6 Å². The molecule has 0 aromatic heterocycles. The zero-order valence-corrected chi connectivity index (χ0v) is 28.0. The number of hydrogen-bond donors (Lipinski definition) is 0. The van der Waals surface area contributed by atoms with Crippen LogP contribution in [-0.4, -0.2) is 20.3 Å². The predicted molar refractivity (Wildman–Crippen MR) is 162 cm³/mol. The van der Waals surface area contributed by atoms with Gasteiger partial charge in [-0.1, -0.05) is 105 Å². The molecule has 0 fully saturated rings. The summed E-state index contributed by atoms with van der Waals surface area (Å²) in [6.45, 7) is 9.98. The van der Waals surface area contributed by atoms with E-state index < -0.39 is 28.9 Å².